The number of likely N-dealkylation sites (N-methyl/N-ethyl adjacent to an activating group) is 1. The van der Waals surface area contributed by atoms with E-state index in [0.717, 1.165) is 28.2 Å². The second kappa shape index (κ2) is 9.86. The Hall–Kier alpha value is -3.74. The van der Waals surface area contributed by atoms with Gasteiger partial charge in [0.15, 0.2) is 0 Å². The number of carbonyl (C=O) groups is 2. The summed E-state index contributed by atoms with van der Waals surface area (Å²) < 4.78 is 0. The van der Waals surface area contributed by atoms with Crippen LogP contribution in [0.25, 0.3) is 11.3 Å². The molecule has 0 unspecified atom stereocenters. The Labute approximate surface area is 206 Å². The molecular weight excluding hydrogens is 438 g/mol. The molecule has 2 heterocycles. The smallest absolute Gasteiger partial charge is 0.251 e. The molecule has 0 bridgehead atoms. The lowest BCUT2D eigenvalue weighted by molar-refractivity contribution is -0.117. The van der Waals surface area contributed by atoms with Crippen molar-refractivity contribution in [3.63, 3.8) is 0 Å². The topological polar surface area (TPSA) is 87.2 Å². The van der Waals surface area contributed by atoms with Gasteiger partial charge in [-0.15, -0.1) is 0 Å². The van der Waals surface area contributed by atoms with E-state index in [1.165, 1.54) is 32.1 Å². The molecule has 35 heavy (non-hydrogen) atoms. The minimum absolute atomic E-state index is 0.00665. The SMILES string of the molecule is C[C@@H](NC(=O)c1ccc(Nc2ncc3c(n2)-c2ccccc2N(C)C(=O)C3)cc1)C1CCCCC1. The van der Waals surface area contributed by atoms with Gasteiger partial charge in [-0.05, 0) is 56.0 Å². The molecule has 1 aromatic heterocycles. The zero-order valence-corrected chi connectivity index (χ0v) is 20.3. The number of anilines is 3. The average molecular weight is 470 g/mol. The zero-order valence-electron chi connectivity index (χ0n) is 20.3. The maximum absolute atomic E-state index is 12.7. The van der Waals surface area contributed by atoms with Crippen LogP contribution in [0.2, 0.25) is 0 Å². The number of nitrogens with zero attached hydrogens (tertiary/aromatic N) is 3. The Morgan fingerprint density at radius 3 is 2.57 bits per heavy atom. The number of para-hydroxylation sites is 1. The van der Waals surface area contributed by atoms with Crippen LogP contribution in [0.1, 0.15) is 54.9 Å². The molecule has 1 saturated carbocycles. The van der Waals surface area contributed by atoms with Gasteiger partial charge < -0.3 is 15.5 Å². The molecular formula is C28H31N5O2. The third-order valence-corrected chi connectivity index (χ3v) is 7.22. The van der Waals surface area contributed by atoms with Gasteiger partial charge in [-0.25, -0.2) is 9.97 Å². The van der Waals surface area contributed by atoms with Crippen molar-refractivity contribution in [1.29, 1.82) is 0 Å². The van der Waals surface area contributed by atoms with Crippen molar-refractivity contribution in [1.82, 2.24) is 15.3 Å². The lowest BCUT2D eigenvalue weighted by atomic mass is 9.84. The van der Waals surface area contributed by atoms with Gasteiger partial charge in [-0.1, -0.05) is 37.5 Å². The van der Waals surface area contributed by atoms with E-state index in [9.17, 15) is 9.59 Å². The Morgan fingerprint density at radius 1 is 1.06 bits per heavy atom. The second-order valence-corrected chi connectivity index (χ2v) is 9.58. The third-order valence-electron chi connectivity index (χ3n) is 7.22. The number of hydrogen-bond acceptors (Lipinski definition) is 5. The predicted octanol–water partition coefficient (Wildman–Crippen LogP) is 5.10. The summed E-state index contributed by atoms with van der Waals surface area (Å²) >= 11 is 0. The van der Waals surface area contributed by atoms with Crippen molar-refractivity contribution >= 4 is 29.1 Å². The molecule has 1 aliphatic heterocycles. The van der Waals surface area contributed by atoms with Crippen molar-refractivity contribution in [2.24, 2.45) is 5.92 Å². The van der Waals surface area contributed by atoms with E-state index in [0.29, 0.717) is 17.4 Å². The number of hydrogen-bond donors (Lipinski definition) is 2. The highest BCUT2D eigenvalue weighted by Crippen LogP contribution is 2.35. The number of fused-ring (bicyclic) bond motifs is 3. The third kappa shape index (κ3) is 4.90. The van der Waals surface area contributed by atoms with Crippen molar-refractivity contribution < 1.29 is 9.59 Å². The molecule has 1 atom stereocenters. The molecule has 0 radical (unpaired) electrons. The highest BCUT2D eigenvalue weighted by Gasteiger charge is 2.25. The summed E-state index contributed by atoms with van der Waals surface area (Å²) in [7, 11) is 1.78. The van der Waals surface area contributed by atoms with Gasteiger partial charge in [-0.3, -0.25) is 9.59 Å². The van der Waals surface area contributed by atoms with Gasteiger partial charge in [0.1, 0.15) is 0 Å². The number of benzene rings is 2. The minimum atomic E-state index is -0.0405. The monoisotopic (exact) mass is 469 g/mol. The molecule has 7 heteroatoms. The summed E-state index contributed by atoms with van der Waals surface area (Å²) in [6.45, 7) is 2.11. The number of rotatable bonds is 5. The molecule has 0 saturated heterocycles. The van der Waals surface area contributed by atoms with E-state index >= 15 is 0 Å². The van der Waals surface area contributed by atoms with Crippen molar-refractivity contribution in [2.45, 2.75) is 51.5 Å². The fourth-order valence-corrected chi connectivity index (χ4v) is 5.09. The molecule has 1 fully saturated rings. The van der Waals surface area contributed by atoms with Gasteiger partial charge in [0.25, 0.3) is 5.91 Å². The summed E-state index contributed by atoms with van der Waals surface area (Å²) in [4.78, 5) is 36.2. The summed E-state index contributed by atoms with van der Waals surface area (Å²) in [6, 6.07) is 15.3. The van der Waals surface area contributed by atoms with Crippen molar-refractivity contribution in [3.05, 3.63) is 65.9 Å². The Morgan fingerprint density at radius 2 is 1.80 bits per heavy atom. The molecule has 5 rings (SSSR count). The first-order valence-corrected chi connectivity index (χ1v) is 12.4. The first kappa shape index (κ1) is 23.0. The fraction of sp³-hybridized carbons (Fsp3) is 0.357. The van der Waals surface area contributed by atoms with E-state index in [1.807, 2.05) is 48.5 Å². The molecule has 2 amide bonds. The van der Waals surface area contributed by atoms with Crippen LogP contribution in [0.5, 0.6) is 0 Å². The highest BCUT2D eigenvalue weighted by molar-refractivity contribution is 6.01. The quantitative estimate of drug-likeness (QED) is 0.543. The van der Waals surface area contributed by atoms with Crippen LogP contribution in [0.4, 0.5) is 17.3 Å². The number of amides is 2. The first-order valence-electron chi connectivity index (χ1n) is 12.4. The van der Waals surface area contributed by atoms with E-state index in [1.54, 1.807) is 18.1 Å². The van der Waals surface area contributed by atoms with E-state index in [-0.39, 0.29) is 24.3 Å². The largest absolute Gasteiger partial charge is 0.349 e. The van der Waals surface area contributed by atoms with Crippen LogP contribution in [0, 0.1) is 5.92 Å². The molecule has 2 aliphatic rings. The maximum Gasteiger partial charge on any atom is 0.251 e. The normalized spacial score (nSPS) is 16.6. The molecule has 3 aromatic rings. The Bertz CT molecular complexity index is 1230. The second-order valence-electron chi connectivity index (χ2n) is 9.58. The number of carbonyl (C=O) groups excluding carboxylic acids is 2. The number of aromatic nitrogens is 2. The molecule has 180 valence electrons. The summed E-state index contributed by atoms with van der Waals surface area (Å²) in [5.41, 5.74) is 4.72. The Balaban J connectivity index is 1.31. The van der Waals surface area contributed by atoms with E-state index in [4.69, 9.17) is 4.98 Å². The van der Waals surface area contributed by atoms with Gasteiger partial charge in [-0.2, -0.15) is 0 Å². The van der Waals surface area contributed by atoms with Gasteiger partial charge >= 0.3 is 0 Å². The summed E-state index contributed by atoms with van der Waals surface area (Å²) in [6.07, 6.45) is 8.18. The molecule has 0 spiro atoms. The van der Waals surface area contributed by atoms with Gasteiger partial charge in [0.2, 0.25) is 11.9 Å². The molecule has 2 aromatic carbocycles. The van der Waals surface area contributed by atoms with Gasteiger partial charge in [0.05, 0.1) is 17.8 Å². The van der Waals surface area contributed by atoms with Crippen LogP contribution in [0.15, 0.2) is 54.7 Å². The van der Waals surface area contributed by atoms with Crippen molar-refractivity contribution in [3.8, 4) is 11.3 Å². The van der Waals surface area contributed by atoms with E-state index < -0.39 is 0 Å². The van der Waals surface area contributed by atoms with Crippen LogP contribution in [-0.4, -0.2) is 34.9 Å². The lowest BCUT2D eigenvalue weighted by Crippen LogP contribution is -2.38. The fourth-order valence-electron chi connectivity index (χ4n) is 5.09. The zero-order chi connectivity index (χ0) is 24.4. The molecule has 2 N–H and O–H groups in total. The van der Waals surface area contributed by atoms with Crippen molar-refractivity contribution in [2.75, 3.05) is 17.3 Å². The summed E-state index contributed by atoms with van der Waals surface area (Å²) in [5.74, 6) is 0.978. The minimum Gasteiger partial charge on any atom is -0.349 e. The van der Waals surface area contributed by atoms with Crippen LogP contribution < -0.4 is 15.5 Å². The number of nitrogens with one attached hydrogen (secondary N) is 2. The predicted molar refractivity (Wildman–Crippen MR) is 138 cm³/mol. The lowest BCUT2D eigenvalue weighted by Gasteiger charge is -2.28. The van der Waals surface area contributed by atoms with Crippen LogP contribution >= 0.6 is 0 Å². The standard InChI is InChI=1S/C28H31N5O2/c1-18(19-8-4-3-5-9-19)30-27(35)20-12-14-22(15-13-20)31-28-29-17-21-16-25(34)33(2)24-11-7-6-10-23(24)26(21)32-28/h6-7,10-15,17-19H,3-5,8-9,16H2,1-2H3,(H,30,35)(H,29,31,32)/t18-/m1/s1. The van der Waals surface area contributed by atoms with E-state index in [2.05, 4.69) is 22.5 Å². The Kier molecular flexibility index (Phi) is 6.49. The first-order chi connectivity index (χ1) is 17.0. The van der Waals surface area contributed by atoms with Gasteiger partial charge in [0, 0.05) is 41.7 Å². The summed E-state index contributed by atoms with van der Waals surface area (Å²) in [5, 5.41) is 6.41. The molecule has 1 aliphatic carbocycles. The maximum atomic E-state index is 12.7. The van der Waals surface area contributed by atoms with Crippen LogP contribution in [0.3, 0.4) is 0 Å². The average Bonchev–Trinajstić information content (AvgIpc) is 2.99. The highest BCUT2D eigenvalue weighted by atomic mass is 16.2. The van der Waals surface area contributed by atoms with Crippen LogP contribution in [-0.2, 0) is 11.2 Å². The molecule has 7 nitrogen and oxygen atoms in total.